The van der Waals surface area contributed by atoms with Crippen molar-refractivity contribution in [3.05, 3.63) is 28.8 Å². The van der Waals surface area contributed by atoms with Gasteiger partial charge in [-0.15, -0.1) is 0 Å². The van der Waals surface area contributed by atoms with Gasteiger partial charge >= 0.3 is 0 Å². The van der Waals surface area contributed by atoms with Gasteiger partial charge in [-0.05, 0) is 49.9 Å². The zero-order chi connectivity index (χ0) is 10.8. The molecule has 2 rings (SSSR count). The lowest BCUT2D eigenvalue weighted by Crippen LogP contribution is -2.16. The van der Waals surface area contributed by atoms with Crippen molar-refractivity contribution in [2.24, 2.45) is 5.92 Å². The maximum absolute atomic E-state index is 5.92. The lowest BCUT2D eigenvalue weighted by atomic mass is 10.1. The highest BCUT2D eigenvalue weighted by Gasteiger charge is 2.23. The zero-order valence-electron chi connectivity index (χ0n) is 9.39. The van der Waals surface area contributed by atoms with Gasteiger partial charge in [0.25, 0.3) is 0 Å². The van der Waals surface area contributed by atoms with Crippen LogP contribution in [0.15, 0.2) is 18.2 Å². The van der Waals surface area contributed by atoms with Crippen LogP contribution in [0.25, 0.3) is 0 Å². The predicted molar refractivity (Wildman–Crippen MR) is 66.6 cm³/mol. The number of anilines is 1. The fourth-order valence-electron chi connectivity index (χ4n) is 1.97. The second-order valence-corrected chi connectivity index (χ2v) is 5.12. The third-order valence-corrected chi connectivity index (χ3v) is 3.21. The van der Waals surface area contributed by atoms with Gasteiger partial charge in [-0.25, -0.2) is 0 Å². The molecule has 0 saturated heterocycles. The fourth-order valence-corrected chi connectivity index (χ4v) is 2.19. The summed E-state index contributed by atoms with van der Waals surface area (Å²) >= 11 is 5.92. The quantitative estimate of drug-likeness (QED) is 0.805. The second-order valence-electron chi connectivity index (χ2n) is 4.68. The van der Waals surface area contributed by atoms with Gasteiger partial charge in [-0.1, -0.05) is 24.4 Å². The molecule has 1 aliphatic carbocycles. The maximum atomic E-state index is 5.92. The Morgan fingerprint density at radius 2 is 2.20 bits per heavy atom. The Balaban J connectivity index is 1.96. The first kappa shape index (κ1) is 10.8. The minimum Gasteiger partial charge on any atom is -0.382 e. The van der Waals surface area contributed by atoms with Crippen molar-refractivity contribution in [3.8, 4) is 0 Å². The SMILES string of the molecule is Cc1cc(Cl)ccc1NC(C)CC1CC1. The Labute approximate surface area is 96.8 Å². The minimum atomic E-state index is 0.567. The van der Waals surface area contributed by atoms with E-state index in [2.05, 4.69) is 25.2 Å². The molecule has 1 N–H and O–H groups in total. The smallest absolute Gasteiger partial charge is 0.0410 e. The molecule has 1 aromatic rings. The largest absolute Gasteiger partial charge is 0.382 e. The van der Waals surface area contributed by atoms with Gasteiger partial charge in [-0.2, -0.15) is 0 Å². The van der Waals surface area contributed by atoms with Gasteiger partial charge in [0, 0.05) is 16.8 Å². The highest BCUT2D eigenvalue weighted by atomic mass is 35.5. The molecular formula is C13H18ClN. The second kappa shape index (κ2) is 4.44. The molecule has 1 atom stereocenters. The van der Waals surface area contributed by atoms with Crippen molar-refractivity contribution in [2.45, 2.75) is 39.2 Å². The van der Waals surface area contributed by atoms with E-state index in [4.69, 9.17) is 11.6 Å². The molecular weight excluding hydrogens is 206 g/mol. The topological polar surface area (TPSA) is 12.0 Å². The standard InChI is InChI=1S/C13H18ClN/c1-9-7-12(14)5-6-13(9)15-10(2)8-11-3-4-11/h5-7,10-11,15H,3-4,8H2,1-2H3. The van der Waals surface area contributed by atoms with Crippen molar-refractivity contribution < 1.29 is 0 Å². The molecule has 82 valence electrons. The van der Waals surface area contributed by atoms with Gasteiger partial charge < -0.3 is 5.32 Å². The average Bonchev–Trinajstić information content (AvgIpc) is 2.94. The van der Waals surface area contributed by atoms with Crippen LogP contribution in [0.2, 0.25) is 5.02 Å². The van der Waals surface area contributed by atoms with Gasteiger partial charge in [0.1, 0.15) is 0 Å². The van der Waals surface area contributed by atoms with Crippen LogP contribution in [-0.2, 0) is 0 Å². The van der Waals surface area contributed by atoms with Crippen molar-refractivity contribution in [1.82, 2.24) is 0 Å². The van der Waals surface area contributed by atoms with E-state index < -0.39 is 0 Å². The normalized spacial score (nSPS) is 17.5. The molecule has 0 bridgehead atoms. The van der Waals surface area contributed by atoms with E-state index in [0.717, 1.165) is 10.9 Å². The summed E-state index contributed by atoms with van der Waals surface area (Å²) in [6.07, 6.45) is 4.14. The van der Waals surface area contributed by atoms with E-state index in [1.165, 1.54) is 30.5 Å². The van der Waals surface area contributed by atoms with Crippen LogP contribution in [0.5, 0.6) is 0 Å². The van der Waals surface area contributed by atoms with Crippen molar-refractivity contribution in [3.63, 3.8) is 0 Å². The lowest BCUT2D eigenvalue weighted by Gasteiger charge is -2.16. The molecule has 1 unspecified atom stereocenters. The van der Waals surface area contributed by atoms with Crippen LogP contribution in [0.4, 0.5) is 5.69 Å². The number of hydrogen-bond donors (Lipinski definition) is 1. The van der Waals surface area contributed by atoms with E-state index >= 15 is 0 Å². The van der Waals surface area contributed by atoms with Crippen LogP contribution in [0, 0.1) is 12.8 Å². The third kappa shape index (κ3) is 3.13. The maximum Gasteiger partial charge on any atom is 0.0410 e. The predicted octanol–water partition coefficient (Wildman–Crippen LogP) is 4.25. The number of benzene rings is 1. The average molecular weight is 224 g/mol. The van der Waals surface area contributed by atoms with Crippen molar-refractivity contribution >= 4 is 17.3 Å². The molecule has 0 amide bonds. The lowest BCUT2D eigenvalue weighted by molar-refractivity contribution is 0.642. The molecule has 0 heterocycles. The van der Waals surface area contributed by atoms with Gasteiger partial charge in [0.05, 0.1) is 0 Å². The first-order valence-electron chi connectivity index (χ1n) is 5.68. The van der Waals surface area contributed by atoms with E-state index in [1.807, 2.05) is 12.1 Å². The van der Waals surface area contributed by atoms with Crippen LogP contribution in [0.3, 0.4) is 0 Å². The Hall–Kier alpha value is -0.690. The molecule has 1 fully saturated rings. The van der Waals surface area contributed by atoms with E-state index in [-0.39, 0.29) is 0 Å². The zero-order valence-corrected chi connectivity index (χ0v) is 10.1. The number of rotatable bonds is 4. The molecule has 15 heavy (non-hydrogen) atoms. The van der Waals surface area contributed by atoms with Crippen LogP contribution in [0.1, 0.15) is 31.7 Å². The molecule has 0 aromatic heterocycles. The summed E-state index contributed by atoms with van der Waals surface area (Å²) in [7, 11) is 0. The third-order valence-electron chi connectivity index (χ3n) is 2.97. The summed E-state index contributed by atoms with van der Waals surface area (Å²) in [5, 5.41) is 4.36. The van der Waals surface area contributed by atoms with Gasteiger partial charge in [0.15, 0.2) is 0 Å². The van der Waals surface area contributed by atoms with E-state index in [9.17, 15) is 0 Å². The Kier molecular flexibility index (Phi) is 3.20. The molecule has 1 saturated carbocycles. The van der Waals surface area contributed by atoms with Gasteiger partial charge in [0.2, 0.25) is 0 Å². The molecule has 1 nitrogen and oxygen atoms in total. The van der Waals surface area contributed by atoms with Crippen LogP contribution in [-0.4, -0.2) is 6.04 Å². The van der Waals surface area contributed by atoms with Gasteiger partial charge in [-0.3, -0.25) is 0 Å². The summed E-state index contributed by atoms with van der Waals surface area (Å²) in [6, 6.07) is 6.59. The van der Waals surface area contributed by atoms with Crippen LogP contribution >= 0.6 is 11.6 Å². The highest BCUT2D eigenvalue weighted by molar-refractivity contribution is 6.30. The van der Waals surface area contributed by atoms with E-state index in [0.29, 0.717) is 6.04 Å². The molecule has 1 aromatic carbocycles. The summed E-state index contributed by atoms with van der Waals surface area (Å²) in [5.41, 5.74) is 2.44. The molecule has 0 radical (unpaired) electrons. The van der Waals surface area contributed by atoms with Crippen LogP contribution < -0.4 is 5.32 Å². The first-order valence-corrected chi connectivity index (χ1v) is 6.05. The summed E-state index contributed by atoms with van der Waals surface area (Å²) in [4.78, 5) is 0. The van der Waals surface area contributed by atoms with Crippen molar-refractivity contribution in [2.75, 3.05) is 5.32 Å². The number of hydrogen-bond acceptors (Lipinski definition) is 1. The monoisotopic (exact) mass is 223 g/mol. The molecule has 0 aliphatic heterocycles. The summed E-state index contributed by atoms with van der Waals surface area (Å²) < 4.78 is 0. The Morgan fingerprint density at radius 3 is 2.80 bits per heavy atom. The Morgan fingerprint density at radius 1 is 1.47 bits per heavy atom. The fraction of sp³-hybridized carbons (Fsp3) is 0.538. The minimum absolute atomic E-state index is 0.567. The number of halogens is 1. The molecule has 2 heteroatoms. The number of nitrogens with one attached hydrogen (secondary N) is 1. The highest BCUT2D eigenvalue weighted by Crippen LogP contribution is 2.34. The van der Waals surface area contributed by atoms with E-state index in [1.54, 1.807) is 0 Å². The number of aryl methyl sites for hydroxylation is 1. The summed E-state index contributed by atoms with van der Waals surface area (Å²) in [5.74, 6) is 0.972. The first-order chi connectivity index (χ1) is 7.15. The Bertz CT molecular complexity index is 344. The van der Waals surface area contributed by atoms with Crippen molar-refractivity contribution in [1.29, 1.82) is 0 Å². The molecule has 1 aliphatic rings. The summed E-state index contributed by atoms with van der Waals surface area (Å²) in [6.45, 7) is 4.35. The molecule has 0 spiro atoms.